The molecule has 2 heterocycles. The van der Waals surface area contributed by atoms with Crippen LogP contribution in [0.5, 0.6) is 0 Å². The van der Waals surface area contributed by atoms with Crippen molar-refractivity contribution in [3.63, 3.8) is 0 Å². The lowest BCUT2D eigenvalue weighted by atomic mass is 10.0. The molecule has 4 nitrogen and oxygen atoms in total. The van der Waals surface area contributed by atoms with E-state index in [1.807, 2.05) is 28.5 Å². The van der Waals surface area contributed by atoms with Crippen molar-refractivity contribution in [2.24, 2.45) is 0 Å². The molecule has 1 aromatic heterocycles. The number of carbonyl (C=O) groups is 1. The van der Waals surface area contributed by atoms with E-state index in [0.29, 0.717) is 11.6 Å². The molecule has 98 valence electrons. The standard InChI is InChI=1S/C14H15N3OS/c15-14-16-11(9-19-14)8-13(18)17-7-3-5-10-4-1-2-6-12(10)17/h1-2,4,6,9H,3,5,7-8H2,(H2,15,16). The summed E-state index contributed by atoms with van der Waals surface area (Å²) in [5.74, 6) is 0.0949. The Kier molecular flexibility index (Phi) is 3.21. The quantitative estimate of drug-likeness (QED) is 0.913. The van der Waals surface area contributed by atoms with Crippen LogP contribution in [0.1, 0.15) is 17.7 Å². The Bertz CT molecular complexity index is 608. The minimum Gasteiger partial charge on any atom is -0.375 e. The minimum absolute atomic E-state index is 0.0949. The third-order valence-electron chi connectivity index (χ3n) is 3.31. The summed E-state index contributed by atoms with van der Waals surface area (Å²) in [5, 5.41) is 2.37. The lowest BCUT2D eigenvalue weighted by molar-refractivity contribution is -0.118. The molecule has 1 aliphatic rings. The molecule has 5 heteroatoms. The first-order valence-corrected chi connectivity index (χ1v) is 7.20. The number of anilines is 2. The molecule has 0 spiro atoms. The Labute approximate surface area is 115 Å². The Hall–Kier alpha value is -1.88. The Morgan fingerprint density at radius 1 is 1.42 bits per heavy atom. The number of nitrogen functional groups attached to an aromatic ring is 1. The number of hydrogen-bond donors (Lipinski definition) is 1. The lowest BCUT2D eigenvalue weighted by Gasteiger charge is -2.29. The van der Waals surface area contributed by atoms with Gasteiger partial charge in [-0.15, -0.1) is 11.3 Å². The van der Waals surface area contributed by atoms with Crippen LogP contribution in [0.15, 0.2) is 29.6 Å². The number of thiazole rings is 1. The van der Waals surface area contributed by atoms with Crippen LogP contribution in [-0.2, 0) is 17.6 Å². The van der Waals surface area contributed by atoms with Crippen molar-refractivity contribution in [2.75, 3.05) is 17.2 Å². The molecule has 2 N–H and O–H groups in total. The maximum Gasteiger partial charge on any atom is 0.233 e. The monoisotopic (exact) mass is 273 g/mol. The van der Waals surface area contributed by atoms with Crippen molar-refractivity contribution >= 4 is 28.1 Å². The fourth-order valence-electron chi connectivity index (χ4n) is 2.45. The van der Waals surface area contributed by atoms with E-state index in [2.05, 4.69) is 11.1 Å². The van der Waals surface area contributed by atoms with Gasteiger partial charge >= 0.3 is 0 Å². The van der Waals surface area contributed by atoms with E-state index in [0.717, 1.165) is 30.8 Å². The van der Waals surface area contributed by atoms with E-state index in [9.17, 15) is 4.79 Å². The summed E-state index contributed by atoms with van der Waals surface area (Å²) in [6, 6.07) is 8.11. The van der Waals surface area contributed by atoms with Crippen LogP contribution in [-0.4, -0.2) is 17.4 Å². The third-order valence-corrected chi connectivity index (χ3v) is 4.04. The number of amides is 1. The second-order valence-corrected chi connectivity index (χ2v) is 5.52. The van der Waals surface area contributed by atoms with Crippen molar-refractivity contribution < 1.29 is 4.79 Å². The molecule has 0 unspecified atom stereocenters. The number of aryl methyl sites for hydroxylation is 1. The number of rotatable bonds is 2. The SMILES string of the molecule is Nc1nc(CC(=O)N2CCCc3ccccc32)cs1. The topological polar surface area (TPSA) is 59.2 Å². The first-order chi connectivity index (χ1) is 9.24. The van der Waals surface area contributed by atoms with Gasteiger partial charge in [-0.2, -0.15) is 0 Å². The van der Waals surface area contributed by atoms with E-state index in [1.54, 1.807) is 0 Å². The molecule has 2 aromatic rings. The maximum absolute atomic E-state index is 12.4. The number of fused-ring (bicyclic) bond motifs is 1. The molecular formula is C14H15N3OS. The first-order valence-electron chi connectivity index (χ1n) is 6.32. The van der Waals surface area contributed by atoms with Gasteiger partial charge in [0.05, 0.1) is 12.1 Å². The van der Waals surface area contributed by atoms with Crippen LogP contribution in [0.25, 0.3) is 0 Å². The van der Waals surface area contributed by atoms with Crippen LogP contribution in [0.4, 0.5) is 10.8 Å². The van der Waals surface area contributed by atoms with Gasteiger partial charge in [-0.1, -0.05) is 18.2 Å². The Morgan fingerprint density at radius 3 is 3.05 bits per heavy atom. The Morgan fingerprint density at radius 2 is 2.26 bits per heavy atom. The fourth-order valence-corrected chi connectivity index (χ4v) is 3.01. The molecule has 0 saturated heterocycles. The third kappa shape index (κ3) is 2.46. The molecule has 3 rings (SSSR count). The number of carbonyl (C=O) groups excluding carboxylic acids is 1. The largest absolute Gasteiger partial charge is 0.375 e. The highest BCUT2D eigenvalue weighted by Gasteiger charge is 2.22. The van der Waals surface area contributed by atoms with E-state index >= 15 is 0 Å². The lowest BCUT2D eigenvalue weighted by Crippen LogP contribution is -2.36. The number of benzene rings is 1. The Balaban J connectivity index is 1.81. The van der Waals surface area contributed by atoms with Crippen LogP contribution < -0.4 is 10.6 Å². The van der Waals surface area contributed by atoms with Gasteiger partial charge in [0.25, 0.3) is 0 Å². The van der Waals surface area contributed by atoms with Crippen molar-refractivity contribution in [3.05, 3.63) is 40.9 Å². The molecule has 0 bridgehead atoms. The maximum atomic E-state index is 12.4. The molecule has 0 radical (unpaired) electrons. The van der Waals surface area contributed by atoms with Crippen molar-refractivity contribution in [2.45, 2.75) is 19.3 Å². The molecule has 1 aromatic carbocycles. The highest BCUT2D eigenvalue weighted by molar-refractivity contribution is 7.13. The normalized spacial score (nSPS) is 14.2. The number of hydrogen-bond acceptors (Lipinski definition) is 4. The smallest absolute Gasteiger partial charge is 0.233 e. The summed E-state index contributed by atoms with van der Waals surface area (Å²) in [6.07, 6.45) is 2.38. The van der Waals surface area contributed by atoms with Gasteiger partial charge in [-0.25, -0.2) is 4.98 Å². The summed E-state index contributed by atoms with van der Waals surface area (Å²) >= 11 is 1.37. The zero-order chi connectivity index (χ0) is 13.2. The van der Waals surface area contributed by atoms with Gasteiger partial charge in [-0.3, -0.25) is 4.79 Å². The zero-order valence-corrected chi connectivity index (χ0v) is 11.3. The number of para-hydroxylation sites is 1. The van der Waals surface area contributed by atoms with Crippen molar-refractivity contribution in [1.29, 1.82) is 0 Å². The van der Waals surface area contributed by atoms with Gasteiger partial charge in [0.1, 0.15) is 0 Å². The van der Waals surface area contributed by atoms with Crippen LogP contribution in [0.2, 0.25) is 0 Å². The highest BCUT2D eigenvalue weighted by atomic mass is 32.1. The number of nitrogens with two attached hydrogens (primary N) is 1. The molecular weight excluding hydrogens is 258 g/mol. The predicted molar refractivity (Wildman–Crippen MR) is 77.3 cm³/mol. The van der Waals surface area contributed by atoms with Gasteiger partial charge in [0.2, 0.25) is 5.91 Å². The van der Waals surface area contributed by atoms with E-state index in [-0.39, 0.29) is 5.91 Å². The van der Waals surface area contributed by atoms with Gasteiger partial charge in [0.15, 0.2) is 5.13 Å². The van der Waals surface area contributed by atoms with Gasteiger partial charge < -0.3 is 10.6 Å². The van der Waals surface area contributed by atoms with E-state index in [1.165, 1.54) is 16.9 Å². The summed E-state index contributed by atoms with van der Waals surface area (Å²) < 4.78 is 0. The predicted octanol–water partition coefficient (Wildman–Crippen LogP) is 2.25. The highest BCUT2D eigenvalue weighted by Crippen LogP contribution is 2.27. The average molecular weight is 273 g/mol. The summed E-state index contributed by atoms with van der Waals surface area (Å²) in [6.45, 7) is 0.787. The van der Waals surface area contributed by atoms with Gasteiger partial charge in [0, 0.05) is 17.6 Å². The van der Waals surface area contributed by atoms with Crippen LogP contribution >= 0.6 is 11.3 Å². The van der Waals surface area contributed by atoms with Crippen LogP contribution in [0, 0.1) is 0 Å². The second kappa shape index (κ2) is 5.01. The molecule has 0 atom stereocenters. The second-order valence-electron chi connectivity index (χ2n) is 4.63. The molecule has 1 amide bonds. The molecule has 0 aliphatic carbocycles. The first kappa shape index (κ1) is 12.2. The average Bonchev–Trinajstić information content (AvgIpc) is 2.83. The summed E-state index contributed by atoms with van der Waals surface area (Å²) in [4.78, 5) is 18.4. The van der Waals surface area contributed by atoms with Gasteiger partial charge in [-0.05, 0) is 24.5 Å². The summed E-state index contributed by atoms with van der Waals surface area (Å²) in [7, 11) is 0. The van der Waals surface area contributed by atoms with Crippen molar-refractivity contribution in [3.8, 4) is 0 Å². The fraction of sp³-hybridized carbons (Fsp3) is 0.286. The van der Waals surface area contributed by atoms with E-state index in [4.69, 9.17) is 5.73 Å². The van der Waals surface area contributed by atoms with Crippen molar-refractivity contribution in [1.82, 2.24) is 4.98 Å². The molecule has 0 saturated carbocycles. The molecule has 19 heavy (non-hydrogen) atoms. The molecule has 0 fully saturated rings. The molecule has 1 aliphatic heterocycles. The zero-order valence-electron chi connectivity index (χ0n) is 10.5. The van der Waals surface area contributed by atoms with Crippen LogP contribution in [0.3, 0.4) is 0 Å². The number of nitrogens with zero attached hydrogens (tertiary/aromatic N) is 2. The summed E-state index contributed by atoms with van der Waals surface area (Å²) in [5.41, 5.74) is 8.64. The number of aromatic nitrogens is 1. The van der Waals surface area contributed by atoms with E-state index < -0.39 is 0 Å². The minimum atomic E-state index is 0.0949.